The fourth-order valence-electron chi connectivity index (χ4n) is 7.92. The molecule has 42 heavy (non-hydrogen) atoms. The van der Waals surface area contributed by atoms with Gasteiger partial charge in [-0.25, -0.2) is 0 Å². The standard InChI is InChI=1S/C31H43N9O2/c1-19(35-18-28(41)40-13-5-6-25(40)17-32)16-31(30-36-38-39-37-30)26-11-9-21(20(2)33-3)14-22(26)7-8-23-15-24(29(42)34-4)10-12-27(23)31/h10,12,15,19,21-22,25-26,33,35H,2,5-9,11,13-14,16,18H2,1,3-4H3,(H,34,42)(H,36,37,38,39)/t19-,21?,22?,25?,26?,31?/m1/s1. The zero-order valence-corrected chi connectivity index (χ0v) is 24.9. The first-order chi connectivity index (χ1) is 20.3. The number of likely N-dealkylation sites (tertiary alicyclic amines) is 1. The van der Waals surface area contributed by atoms with E-state index in [2.05, 4.69) is 62.2 Å². The summed E-state index contributed by atoms with van der Waals surface area (Å²) in [5, 5.41) is 35.0. The van der Waals surface area contributed by atoms with Crippen LogP contribution in [0.5, 0.6) is 0 Å². The lowest BCUT2D eigenvalue weighted by Crippen LogP contribution is -2.49. The minimum absolute atomic E-state index is 0.0417. The second-order valence-corrected chi connectivity index (χ2v) is 12.2. The van der Waals surface area contributed by atoms with Crippen LogP contribution in [0.15, 0.2) is 30.5 Å². The molecule has 0 radical (unpaired) electrons. The van der Waals surface area contributed by atoms with Crippen molar-refractivity contribution in [1.29, 1.82) is 5.26 Å². The van der Waals surface area contributed by atoms with Gasteiger partial charge in [-0.05, 0) is 99.3 Å². The minimum atomic E-state index is -0.574. The van der Waals surface area contributed by atoms with Crippen molar-refractivity contribution < 1.29 is 9.59 Å². The summed E-state index contributed by atoms with van der Waals surface area (Å²) in [6.07, 6.45) is 7.10. The number of hydrogen-bond acceptors (Lipinski definition) is 8. The molecular weight excluding hydrogens is 530 g/mol. The van der Waals surface area contributed by atoms with Crippen molar-refractivity contribution >= 4 is 11.8 Å². The van der Waals surface area contributed by atoms with E-state index in [0.717, 1.165) is 61.8 Å². The highest BCUT2D eigenvalue weighted by Gasteiger charge is 2.53. The van der Waals surface area contributed by atoms with Crippen molar-refractivity contribution in [3.05, 3.63) is 53.0 Å². The molecule has 0 bridgehead atoms. The number of carbonyl (C=O) groups excluding carboxylic acids is 2. The molecular formula is C31H43N9O2. The maximum atomic E-state index is 13.1. The molecule has 5 unspecified atom stereocenters. The van der Waals surface area contributed by atoms with E-state index in [1.54, 1.807) is 11.9 Å². The molecule has 224 valence electrons. The third kappa shape index (κ3) is 5.52. The van der Waals surface area contributed by atoms with Crippen LogP contribution in [0.1, 0.15) is 79.2 Å². The average Bonchev–Trinajstić information content (AvgIpc) is 3.71. The topological polar surface area (TPSA) is 152 Å². The number of carbonyl (C=O) groups is 2. The number of rotatable bonds is 9. The third-order valence-corrected chi connectivity index (χ3v) is 9.99. The second-order valence-electron chi connectivity index (χ2n) is 12.2. The Morgan fingerprint density at radius 2 is 2.07 bits per heavy atom. The van der Waals surface area contributed by atoms with Crippen LogP contribution in [-0.2, 0) is 16.6 Å². The maximum Gasteiger partial charge on any atom is 0.251 e. The Kier molecular flexibility index (Phi) is 8.92. The van der Waals surface area contributed by atoms with E-state index < -0.39 is 5.41 Å². The van der Waals surface area contributed by atoms with Gasteiger partial charge in [0.15, 0.2) is 5.82 Å². The first kappa shape index (κ1) is 29.7. The van der Waals surface area contributed by atoms with Gasteiger partial charge in [0.2, 0.25) is 5.91 Å². The van der Waals surface area contributed by atoms with Crippen molar-refractivity contribution in [2.75, 3.05) is 27.2 Å². The van der Waals surface area contributed by atoms with Crippen molar-refractivity contribution in [3.8, 4) is 6.07 Å². The number of aromatic nitrogens is 4. The van der Waals surface area contributed by atoms with Gasteiger partial charge >= 0.3 is 0 Å². The van der Waals surface area contributed by atoms with Gasteiger partial charge in [-0.1, -0.05) is 17.9 Å². The molecule has 2 heterocycles. The van der Waals surface area contributed by atoms with Gasteiger partial charge in [-0.3, -0.25) is 9.59 Å². The van der Waals surface area contributed by atoms with E-state index in [9.17, 15) is 14.9 Å². The SMILES string of the molecule is C=C(NC)C1CCC2C(CCc3cc(C(=O)NC)ccc3C2(C[C@@H](C)NCC(=O)N2CCCC2C#N)c2nn[nH]n2)C1. The summed E-state index contributed by atoms with van der Waals surface area (Å²) in [7, 11) is 3.59. The predicted molar refractivity (Wildman–Crippen MR) is 158 cm³/mol. The maximum absolute atomic E-state index is 13.1. The van der Waals surface area contributed by atoms with Crippen LogP contribution in [0, 0.1) is 29.1 Å². The molecule has 2 aliphatic carbocycles. The highest BCUT2D eigenvalue weighted by atomic mass is 16.2. The molecule has 1 aromatic heterocycles. The monoisotopic (exact) mass is 573 g/mol. The molecule has 2 aromatic rings. The minimum Gasteiger partial charge on any atom is -0.392 e. The number of nitrogens with one attached hydrogen (secondary N) is 4. The summed E-state index contributed by atoms with van der Waals surface area (Å²) in [4.78, 5) is 27.4. The van der Waals surface area contributed by atoms with Gasteiger partial charge in [-0.15, -0.1) is 10.2 Å². The summed E-state index contributed by atoms with van der Waals surface area (Å²) in [6, 6.07) is 7.88. The van der Waals surface area contributed by atoms with Crippen LogP contribution in [-0.4, -0.2) is 76.6 Å². The number of fused-ring (bicyclic) bond motifs is 2. The van der Waals surface area contributed by atoms with Gasteiger partial charge < -0.3 is 20.9 Å². The highest BCUT2D eigenvalue weighted by Crippen LogP contribution is 2.55. The zero-order chi connectivity index (χ0) is 29.9. The van der Waals surface area contributed by atoms with Crippen LogP contribution < -0.4 is 16.0 Å². The average molecular weight is 574 g/mol. The van der Waals surface area contributed by atoms with Crippen LogP contribution in [0.25, 0.3) is 0 Å². The molecule has 0 spiro atoms. The first-order valence-electron chi connectivity index (χ1n) is 15.2. The third-order valence-electron chi connectivity index (χ3n) is 9.99. The summed E-state index contributed by atoms with van der Waals surface area (Å²) in [5.74, 6) is 1.52. The number of hydrogen-bond donors (Lipinski definition) is 4. The number of aryl methyl sites for hydroxylation is 1. The smallest absolute Gasteiger partial charge is 0.251 e. The van der Waals surface area contributed by atoms with Crippen LogP contribution in [0.2, 0.25) is 0 Å². The Hall–Kier alpha value is -3.78. The molecule has 11 heteroatoms. The molecule has 2 fully saturated rings. The molecule has 11 nitrogen and oxygen atoms in total. The van der Waals surface area contributed by atoms with Crippen LogP contribution in [0.4, 0.5) is 0 Å². The van der Waals surface area contributed by atoms with Crippen LogP contribution in [0.3, 0.4) is 0 Å². The zero-order valence-electron chi connectivity index (χ0n) is 24.9. The number of amides is 2. The fraction of sp³-hybridized carbons (Fsp3) is 0.613. The highest BCUT2D eigenvalue weighted by molar-refractivity contribution is 5.94. The molecule has 1 aromatic carbocycles. The molecule has 3 aliphatic rings. The number of aromatic amines is 1. The Labute approximate surface area is 247 Å². The molecule has 5 rings (SSSR count). The molecule has 1 saturated carbocycles. The molecule has 6 atom stereocenters. The van der Waals surface area contributed by atoms with E-state index in [0.29, 0.717) is 36.2 Å². The molecule has 1 saturated heterocycles. The normalized spacial score (nSPS) is 27.6. The van der Waals surface area contributed by atoms with Crippen molar-refractivity contribution in [2.24, 2.45) is 17.8 Å². The van der Waals surface area contributed by atoms with E-state index in [4.69, 9.17) is 0 Å². The van der Waals surface area contributed by atoms with Gasteiger partial charge in [0.25, 0.3) is 5.91 Å². The van der Waals surface area contributed by atoms with Crippen molar-refractivity contribution in [3.63, 3.8) is 0 Å². The Morgan fingerprint density at radius 1 is 1.24 bits per heavy atom. The number of benzene rings is 1. The van der Waals surface area contributed by atoms with E-state index in [-0.39, 0.29) is 36.4 Å². The van der Waals surface area contributed by atoms with Crippen molar-refractivity contribution in [1.82, 2.24) is 41.5 Å². The molecule has 4 N–H and O–H groups in total. The van der Waals surface area contributed by atoms with Gasteiger partial charge in [0.1, 0.15) is 6.04 Å². The number of H-pyrrole nitrogens is 1. The fourth-order valence-corrected chi connectivity index (χ4v) is 7.92. The van der Waals surface area contributed by atoms with E-state index in [1.807, 2.05) is 19.2 Å². The number of allylic oxidation sites excluding steroid dienone is 1. The Bertz CT molecular complexity index is 1340. The predicted octanol–water partition coefficient (Wildman–Crippen LogP) is 2.44. The lowest BCUT2D eigenvalue weighted by molar-refractivity contribution is -0.130. The van der Waals surface area contributed by atoms with Gasteiger partial charge in [-0.2, -0.15) is 10.5 Å². The first-order valence-corrected chi connectivity index (χ1v) is 15.2. The Morgan fingerprint density at radius 3 is 2.79 bits per heavy atom. The second kappa shape index (κ2) is 12.6. The largest absolute Gasteiger partial charge is 0.392 e. The van der Waals surface area contributed by atoms with E-state index in [1.165, 1.54) is 0 Å². The quantitative estimate of drug-likeness (QED) is 0.357. The van der Waals surface area contributed by atoms with Gasteiger partial charge in [0.05, 0.1) is 18.0 Å². The molecule has 1 aliphatic heterocycles. The van der Waals surface area contributed by atoms with Crippen LogP contribution >= 0.6 is 0 Å². The number of nitrogens with zero attached hydrogens (tertiary/aromatic N) is 5. The summed E-state index contributed by atoms with van der Waals surface area (Å²) in [5.41, 5.74) is 3.41. The van der Waals surface area contributed by atoms with E-state index >= 15 is 0 Å². The lowest BCUT2D eigenvalue weighted by atomic mass is 9.57. The summed E-state index contributed by atoms with van der Waals surface area (Å²) < 4.78 is 0. The van der Waals surface area contributed by atoms with Crippen molar-refractivity contribution in [2.45, 2.75) is 75.8 Å². The molecule has 2 amide bonds. The Balaban J connectivity index is 1.52. The van der Waals surface area contributed by atoms with Gasteiger partial charge in [0, 0.05) is 37.9 Å². The summed E-state index contributed by atoms with van der Waals surface area (Å²) >= 11 is 0. The number of tetrazole rings is 1. The summed E-state index contributed by atoms with van der Waals surface area (Å²) in [6.45, 7) is 7.20. The lowest BCUT2D eigenvalue weighted by Gasteiger charge is -2.47. The number of nitriles is 1.